The minimum absolute atomic E-state index is 0.107. The number of hydrogen-bond donors (Lipinski definition) is 1. The second kappa shape index (κ2) is 8.00. The number of tetrazole rings is 1. The standard InChI is InChI=1S/C18H12ClF4N5O/c1-10-25-26-27-28(10)12-4-6-15(20)16(9-12)24-17(29)7-3-11-2-5-14(19)13(8-11)18(21,22)23/h2-9H,1H3,(H,24,29)/b7-3+. The van der Waals surface area contributed by atoms with Crippen molar-refractivity contribution in [2.45, 2.75) is 13.1 Å². The number of aryl methyl sites for hydroxylation is 1. The molecule has 1 N–H and O–H groups in total. The Kier molecular flexibility index (Phi) is 5.64. The summed E-state index contributed by atoms with van der Waals surface area (Å²) in [5, 5.41) is 12.8. The Morgan fingerprint density at radius 3 is 2.62 bits per heavy atom. The molecule has 0 spiro atoms. The number of aromatic nitrogens is 4. The van der Waals surface area contributed by atoms with Gasteiger partial charge >= 0.3 is 6.18 Å². The maximum absolute atomic E-state index is 14.0. The average Bonchev–Trinajstić information content (AvgIpc) is 3.08. The van der Waals surface area contributed by atoms with Crippen molar-refractivity contribution in [2.24, 2.45) is 0 Å². The third-order valence-corrected chi connectivity index (χ3v) is 4.13. The lowest BCUT2D eigenvalue weighted by atomic mass is 10.1. The van der Waals surface area contributed by atoms with Crippen molar-refractivity contribution in [3.05, 3.63) is 70.3 Å². The van der Waals surface area contributed by atoms with Gasteiger partial charge in [-0.3, -0.25) is 4.79 Å². The predicted molar refractivity (Wildman–Crippen MR) is 98.0 cm³/mol. The van der Waals surface area contributed by atoms with Crippen LogP contribution in [0.4, 0.5) is 23.2 Å². The first-order valence-electron chi connectivity index (χ1n) is 8.06. The van der Waals surface area contributed by atoms with Crippen LogP contribution >= 0.6 is 11.6 Å². The molecule has 0 unspecified atom stereocenters. The Labute approximate surface area is 166 Å². The van der Waals surface area contributed by atoms with Gasteiger partial charge in [-0.2, -0.15) is 17.9 Å². The van der Waals surface area contributed by atoms with Gasteiger partial charge in [-0.05, 0) is 59.3 Å². The summed E-state index contributed by atoms with van der Waals surface area (Å²) in [6.45, 7) is 1.64. The molecule has 0 radical (unpaired) electrons. The van der Waals surface area contributed by atoms with Crippen molar-refractivity contribution in [3.8, 4) is 5.69 Å². The monoisotopic (exact) mass is 425 g/mol. The fourth-order valence-corrected chi connectivity index (χ4v) is 2.65. The molecule has 6 nitrogen and oxygen atoms in total. The number of rotatable bonds is 4. The van der Waals surface area contributed by atoms with Crippen molar-refractivity contribution >= 4 is 29.3 Å². The lowest BCUT2D eigenvalue weighted by Crippen LogP contribution is -2.10. The lowest BCUT2D eigenvalue weighted by Gasteiger charge is -2.09. The van der Waals surface area contributed by atoms with E-state index in [2.05, 4.69) is 20.8 Å². The van der Waals surface area contributed by atoms with Gasteiger partial charge in [0.25, 0.3) is 0 Å². The molecule has 1 amide bonds. The number of benzene rings is 2. The molecule has 1 aromatic heterocycles. The van der Waals surface area contributed by atoms with Crippen molar-refractivity contribution in [1.82, 2.24) is 20.2 Å². The van der Waals surface area contributed by atoms with E-state index in [-0.39, 0.29) is 11.3 Å². The molecule has 0 atom stereocenters. The normalized spacial score (nSPS) is 11.8. The van der Waals surface area contributed by atoms with Crippen molar-refractivity contribution < 1.29 is 22.4 Å². The highest BCUT2D eigenvalue weighted by Crippen LogP contribution is 2.35. The molecular weight excluding hydrogens is 414 g/mol. The lowest BCUT2D eigenvalue weighted by molar-refractivity contribution is -0.137. The molecule has 0 saturated carbocycles. The van der Waals surface area contributed by atoms with Crippen LogP contribution in [0.5, 0.6) is 0 Å². The Morgan fingerprint density at radius 2 is 1.97 bits per heavy atom. The number of carbonyl (C=O) groups is 1. The Hall–Kier alpha value is -3.27. The van der Waals surface area contributed by atoms with E-state index < -0.39 is 28.5 Å². The van der Waals surface area contributed by atoms with Crippen molar-refractivity contribution in [1.29, 1.82) is 0 Å². The van der Waals surface area contributed by atoms with E-state index in [9.17, 15) is 22.4 Å². The Bertz CT molecular complexity index is 1090. The first-order valence-corrected chi connectivity index (χ1v) is 8.43. The Balaban J connectivity index is 1.79. The van der Waals surface area contributed by atoms with E-state index in [1.54, 1.807) is 6.92 Å². The van der Waals surface area contributed by atoms with Crippen LogP contribution in [0.3, 0.4) is 0 Å². The molecule has 11 heteroatoms. The van der Waals surface area contributed by atoms with Gasteiger partial charge in [-0.1, -0.05) is 17.7 Å². The maximum atomic E-state index is 14.0. The zero-order chi connectivity index (χ0) is 21.2. The van der Waals surface area contributed by atoms with E-state index in [1.165, 1.54) is 22.9 Å². The van der Waals surface area contributed by atoms with Crippen LogP contribution in [0, 0.1) is 12.7 Å². The molecule has 150 valence electrons. The first-order chi connectivity index (χ1) is 13.6. The maximum Gasteiger partial charge on any atom is 0.417 e. The molecule has 0 saturated heterocycles. The van der Waals surface area contributed by atoms with E-state index in [0.29, 0.717) is 11.5 Å². The quantitative estimate of drug-likeness (QED) is 0.495. The van der Waals surface area contributed by atoms with Gasteiger partial charge in [-0.15, -0.1) is 5.10 Å². The molecular formula is C18H12ClF4N5O. The highest BCUT2D eigenvalue weighted by molar-refractivity contribution is 6.31. The van der Waals surface area contributed by atoms with E-state index >= 15 is 0 Å². The predicted octanol–water partition coefficient (Wildman–Crippen LogP) is 4.43. The third-order valence-electron chi connectivity index (χ3n) is 3.80. The average molecular weight is 426 g/mol. The highest BCUT2D eigenvalue weighted by atomic mass is 35.5. The number of halogens is 5. The molecule has 0 aliphatic heterocycles. The van der Waals surface area contributed by atoms with Crippen LogP contribution in [-0.2, 0) is 11.0 Å². The molecule has 0 bridgehead atoms. The topological polar surface area (TPSA) is 72.7 Å². The zero-order valence-corrected chi connectivity index (χ0v) is 15.5. The summed E-state index contributed by atoms with van der Waals surface area (Å²) in [7, 11) is 0. The highest BCUT2D eigenvalue weighted by Gasteiger charge is 2.33. The fraction of sp³-hybridized carbons (Fsp3) is 0.111. The first kappa shape index (κ1) is 20.5. The van der Waals surface area contributed by atoms with Crippen LogP contribution < -0.4 is 5.32 Å². The number of amides is 1. The fourth-order valence-electron chi connectivity index (χ4n) is 2.42. The summed E-state index contributed by atoms with van der Waals surface area (Å²) < 4.78 is 54.1. The van der Waals surface area contributed by atoms with E-state index in [4.69, 9.17) is 11.6 Å². The summed E-state index contributed by atoms with van der Waals surface area (Å²) in [4.78, 5) is 12.1. The molecule has 0 aliphatic rings. The number of nitrogens with one attached hydrogen (secondary N) is 1. The molecule has 3 rings (SSSR count). The summed E-state index contributed by atoms with van der Waals surface area (Å²) >= 11 is 5.56. The van der Waals surface area contributed by atoms with Gasteiger partial charge in [0, 0.05) is 6.08 Å². The van der Waals surface area contributed by atoms with Gasteiger partial charge in [-0.25, -0.2) is 4.39 Å². The SMILES string of the molecule is Cc1nnnn1-c1ccc(F)c(NC(=O)/C=C/c2ccc(Cl)c(C(F)(F)F)c2)c1. The number of hydrogen-bond acceptors (Lipinski definition) is 4. The minimum atomic E-state index is -4.62. The third kappa shape index (κ3) is 4.77. The summed E-state index contributed by atoms with van der Waals surface area (Å²) in [5.41, 5.74) is -0.632. The number of alkyl halides is 3. The smallest absolute Gasteiger partial charge is 0.320 e. The molecule has 0 fully saturated rings. The van der Waals surface area contributed by atoms with Gasteiger partial charge < -0.3 is 5.32 Å². The van der Waals surface area contributed by atoms with Crippen molar-refractivity contribution in [2.75, 3.05) is 5.32 Å². The molecule has 1 heterocycles. The Morgan fingerprint density at radius 1 is 1.21 bits per heavy atom. The van der Waals surface area contributed by atoms with Crippen LogP contribution in [0.1, 0.15) is 17.0 Å². The van der Waals surface area contributed by atoms with Crippen LogP contribution in [0.2, 0.25) is 5.02 Å². The van der Waals surface area contributed by atoms with Gasteiger partial charge in [0.2, 0.25) is 5.91 Å². The van der Waals surface area contributed by atoms with Gasteiger partial charge in [0.15, 0.2) is 5.82 Å². The molecule has 2 aromatic carbocycles. The summed E-state index contributed by atoms with van der Waals surface area (Å²) in [6, 6.07) is 7.10. The van der Waals surface area contributed by atoms with Gasteiger partial charge in [0.05, 0.1) is 22.0 Å². The number of nitrogens with zero attached hydrogens (tertiary/aromatic N) is 4. The van der Waals surface area contributed by atoms with E-state index in [0.717, 1.165) is 30.4 Å². The summed E-state index contributed by atoms with van der Waals surface area (Å²) in [6.07, 6.45) is -2.48. The number of anilines is 1. The summed E-state index contributed by atoms with van der Waals surface area (Å²) in [5.74, 6) is -0.984. The zero-order valence-electron chi connectivity index (χ0n) is 14.7. The van der Waals surface area contributed by atoms with Gasteiger partial charge in [0.1, 0.15) is 5.82 Å². The van der Waals surface area contributed by atoms with Crippen LogP contribution in [0.25, 0.3) is 11.8 Å². The second-order valence-electron chi connectivity index (χ2n) is 5.86. The second-order valence-corrected chi connectivity index (χ2v) is 6.27. The largest absolute Gasteiger partial charge is 0.417 e. The minimum Gasteiger partial charge on any atom is -0.320 e. The molecule has 3 aromatic rings. The van der Waals surface area contributed by atoms with Crippen LogP contribution in [0.15, 0.2) is 42.5 Å². The molecule has 0 aliphatic carbocycles. The molecule has 29 heavy (non-hydrogen) atoms. The van der Waals surface area contributed by atoms with Crippen LogP contribution in [-0.4, -0.2) is 26.1 Å². The number of carbonyl (C=O) groups excluding carboxylic acids is 1. The van der Waals surface area contributed by atoms with E-state index in [1.807, 2.05) is 0 Å². The van der Waals surface area contributed by atoms with Crippen molar-refractivity contribution in [3.63, 3.8) is 0 Å².